The summed E-state index contributed by atoms with van der Waals surface area (Å²) in [5.41, 5.74) is 2.35. The number of rotatable bonds is 6. The van der Waals surface area contributed by atoms with E-state index < -0.39 is 0 Å². The van der Waals surface area contributed by atoms with Crippen molar-refractivity contribution >= 4 is 16.8 Å². The molecule has 0 saturated heterocycles. The van der Waals surface area contributed by atoms with Gasteiger partial charge in [0.15, 0.2) is 0 Å². The molecule has 0 aliphatic rings. The van der Waals surface area contributed by atoms with Gasteiger partial charge >= 0.3 is 0 Å². The second kappa shape index (κ2) is 7.17. The molecule has 0 saturated carbocycles. The van der Waals surface area contributed by atoms with Gasteiger partial charge in [0, 0.05) is 23.6 Å². The zero-order valence-corrected chi connectivity index (χ0v) is 14.1. The summed E-state index contributed by atoms with van der Waals surface area (Å²) in [6.07, 6.45) is 2.52. The van der Waals surface area contributed by atoms with Crippen molar-refractivity contribution < 1.29 is 19.4 Å². The number of carbonyl (C=O) groups excluding carboxylic acids is 1. The van der Waals surface area contributed by atoms with Gasteiger partial charge in [-0.15, -0.1) is 0 Å². The van der Waals surface area contributed by atoms with E-state index in [1.165, 1.54) is 14.2 Å². The Morgan fingerprint density at radius 1 is 1.16 bits per heavy atom. The summed E-state index contributed by atoms with van der Waals surface area (Å²) in [5.74, 6) is 0.899. The Morgan fingerprint density at radius 3 is 2.56 bits per heavy atom. The van der Waals surface area contributed by atoms with Crippen LogP contribution in [0.25, 0.3) is 10.9 Å². The SMILES string of the molecule is COc1cccc(OC)c1C(=O)NCCc1c[nH]c2ccc(O)cc12. The average Bonchev–Trinajstić information content (AvgIpc) is 3.03. The maximum Gasteiger partial charge on any atom is 0.258 e. The summed E-state index contributed by atoms with van der Waals surface area (Å²) in [5, 5.41) is 13.5. The Hall–Kier alpha value is -3.15. The quantitative estimate of drug-likeness (QED) is 0.644. The van der Waals surface area contributed by atoms with Crippen LogP contribution < -0.4 is 14.8 Å². The van der Waals surface area contributed by atoms with Gasteiger partial charge in [-0.1, -0.05) is 6.07 Å². The van der Waals surface area contributed by atoms with Crippen molar-refractivity contribution in [3.63, 3.8) is 0 Å². The summed E-state index contributed by atoms with van der Waals surface area (Å²) in [6.45, 7) is 0.447. The molecule has 2 aromatic carbocycles. The number of nitrogens with one attached hydrogen (secondary N) is 2. The lowest BCUT2D eigenvalue weighted by molar-refractivity contribution is 0.0948. The maximum absolute atomic E-state index is 12.5. The van der Waals surface area contributed by atoms with E-state index in [0.717, 1.165) is 16.5 Å². The number of aromatic hydroxyl groups is 1. The number of hydrogen-bond donors (Lipinski definition) is 3. The van der Waals surface area contributed by atoms with E-state index in [1.807, 2.05) is 12.3 Å². The van der Waals surface area contributed by atoms with E-state index in [1.54, 1.807) is 30.3 Å². The van der Waals surface area contributed by atoms with Crippen LogP contribution in [0.1, 0.15) is 15.9 Å². The number of aromatic nitrogens is 1. The molecule has 25 heavy (non-hydrogen) atoms. The topological polar surface area (TPSA) is 83.6 Å². The number of aromatic amines is 1. The second-order valence-electron chi connectivity index (χ2n) is 5.59. The van der Waals surface area contributed by atoms with Crippen LogP contribution in [0.3, 0.4) is 0 Å². The Balaban J connectivity index is 1.72. The first kappa shape index (κ1) is 16.7. The van der Waals surface area contributed by atoms with E-state index in [4.69, 9.17) is 9.47 Å². The molecule has 0 atom stereocenters. The van der Waals surface area contributed by atoms with Crippen LogP contribution in [-0.4, -0.2) is 36.8 Å². The molecule has 0 bridgehead atoms. The highest BCUT2D eigenvalue weighted by molar-refractivity contribution is 5.99. The second-order valence-corrected chi connectivity index (χ2v) is 5.59. The standard InChI is InChI=1S/C19H20N2O4/c1-24-16-4-3-5-17(25-2)18(16)19(23)20-9-8-12-11-21-15-7-6-13(22)10-14(12)15/h3-7,10-11,21-22H,8-9H2,1-2H3,(H,20,23). The number of phenolic OH excluding ortho intramolecular Hbond substituents is 1. The summed E-state index contributed by atoms with van der Waals surface area (Å²) in [6, 6.07) is 10.4. The van der Waals surface area contributed by atoms with Crippen molar-refractivity contribution in [1.29, 1.82) is 0 Å². The third-order valence-electron chi connectivity index (χ3n) is 4.09. The molecule has 1 aromatic heterocycles. The molecule has 6 nitrogen and oxygen atoms in total. The number of benzene rings is 2. The lowest BCUT2D eigenvalue weighted by Gasteiger charge is -2.12. The zero-order chi connectivity index (χ0) is 17.8. The number of ether oxygens (including phenoxy) is 2. The molecule has 130 valence electrons. The number of H-pyrrole nitrogens is 1. The maximum atomic E-state index is 12.5. The molecule has 6 heteroatoms. The third kappa shape index (κ3) is 3.38. The number of methoxy groups -OCH3 is 2. The number of hydrogen-bond acceptors (Lipinski definition) is 4. The minimum atomic E-state index is -0.253. The predicted octanol–water partition coefficient (Wildman–Crippen LogP) is 2.86. The van der Waals surface area contributed by atoms with Crippen LogP contribution >= 0.6 is 0 Å². The summed E-state index contributed by atoms with van der Waals surface area (Å²) in [4.78, 5) is 15.7. The molecular formula is C19H20N2O4. The van der Waals surface area contributed by atoms with Crippen molar-refractivity contribution in [3.05, 3.63) is 53.7 Å². The van der Waals surface area contributed by atoms with Crippen LogP contribution in [0.5, 0.6) is 17.2 Å². The summed E-state index contributed by atoms with van der Waals surface area (Å²) in [7, 11) is 3.04. The van der Waals surface area contributed by atoms with E-state index >= 15 is 0 Å². The fraction of sp³-hybridized carbons (Fsp3) is 0.211. The van der Waals surface area contributed by atoms with Crippen molar-refractivity contribution in [2.75, 3.05) is 20.8 Å². The number of carbonyl (C=O) groups is 1. The normalized spacial score (nSPS) is 10.6. The van der Waals surface area contributed by atoms with E-state index in [-0.39, 0.29) is 11.7 Å². The van der Waals surface area contributed by atoms with Gasteiger partial charge < -0.3 is 24.9 Å². The molecule has 0 aliphatic carbocycles. The number of phenols is 1. The van der Waals surface area contributed by atoms with Gasteiger partial charge in [-0.05, 0) is 42.3 Å². The van der Waals surface area contributed by atoms with Gasteiger partial charge in [0.1, 0.15) is 22.8 Å². The van der Waals surface area contributed by atoms with Crippen molar-refractivity contribution in [1.82, 2.24) is 10.3 Å². The van der Waals surface area contributed by atoms with Gasteiger partial charge in [-0.2, -0.15) is 0 Å². The first-order chi connectivity index (χ1) is 12.1. The largest absolute Gasteiger partial charge is 0.508 e. The number of amides is 1. The highest BCUT2D eigenvalue weighted by atomic mass is 16.5. The van der Waals surface area contributed by atoms with Crippen molar-refractivity contribution in [2.45, 2.75) is 6.42 Å². The van der Waals surface area contributed by atoms with Gasteiger partial charge in [-0.3, -0.25) is 4.79 Å². The monoisotopic (exact) mass is 340 g/mol. The van der Waals surface area contributed by atoms with Crippen LogP contribution in [0.15, 0.2) is 42.6 Å². The van der Waals surface area contributed by atoms with Crippen LogP contribution in [0.4, 0.5) is 0 Å². The minimum absolute atomic E-state index is 0.219. The Morgan fingerprint density at radius 2 is 1.88 bits per heavy atom. The fourth-order valence-corrected chi connectivity index (χ4v) is 2.85. The average molecular weight is 340 g/mol. The molecular weight excluding hydrogens is 320 g/mol. The van der Waals surface area contributed by atoms with E-state index in [0.29, 0.717) is 30.0 Å². The molecule has 0 spiro atoms. The van der Waals surface area contributed by atoms with Gasteiger partial charge in [0.25, 0.3) is 5.91 Å². The molecule has 3 aromatic rings. The Labute approximate surface area is 145 Å². The molecule has 0 aliphatic heterocycles. The lowest BCUT2D eigenvalue weighted by atomic mass is 10.1. The molecule has 3 N–H and O–H groups in total. The molecule has 0 fully saturated rings. The molecule has 1 amide bonds. The smallest absolute Gasteiger partial charge is 0.258 e. The highest BCUT2D eigenvalue weighted by Gasteiger charge is 2.17. The van der Waals surface area contributed by atoms with Crippen LogP contribution in [0, 0.1) is 0 Å². The highest BCUT2D eigenvalue weighted by Crippen LogP contribution is 2.28. The molecule has 0 radical (unpaired) electrons. The molecule has 1 heterocycles. The fourth-order valence-electron chi connectivity index (χ4n) is 2.85. The van der Waals surface area contributed by atoms with Crippen molar-refractivity contribution in [3.8, 4) is 17.2 Å². The summed E-state index contributed by atoms with van der Waals surface area (Å²) >= 11 is 0. The molecule has 0 unspecified atom stereocenters. The minimum Gasteiger partial charge on any atom is -0.508 e. The van der Waals surface area contributed by atoms with Crippen LogP contribution in [0.2, 0.25) is 0 Å². The third-order valence-corrected chi connectivity index (χ3v) is 4.09. The first-order valence-corrected chi connectivity index (χ1v) is 7.92. The summed E-state index contributed by atoms with van der Waals surface area (Å²) < 4.78 is 10.5. The zero-order valence-electron chi connectivity index (χ0n) is 14.1. The predicted molar refractivity (Wildman–Crippen MR) is 95.5 cm³/mol. The first-order valence-electron chi connectivity index (χ1n) is 7.92. The lowest BCUT2D eigenvalue weighted by Crippen LogP contribution is -2.26. The van der Waals surface area contributed by atoms with E-state index in [2.05, 4.69) is 10.3 Å². The van der Waals surface area contributed by atoms with E-state index in [9.17, 15) is 9.90 Å². The molecule has 3 rings (SSSR count). The van der Waals surface area contributed by atoms with Crippen LogP contribution in [-0.2, 0) is 6.42 Å². The number of fused-ring (bicyclic) bond motifs is 1. The van der Waals surface area contributed by atoms with Gasteiger partial charge in [0.2, 0.25) is 0 Å². The van der Waals surface area contributed by atoms with Gasteiger partial charge in [-0.25, -0.2) is 0 Å². The van der Waals surface area contributed by atoms with Gasteiger partial charge in [0.05, 0.1) is 14.2 Å². The van der Waals surface area contributed by atoms with Crippen molar-refractivity contribution in [2.24, 2.45) is 0 Å². The Kier molecular flexibility index (Phi) is 4.79. The Bertz CT molecular complexity index is 879.